The fourth-order valence-electron chi connectivity index (χ4n) is 2.60. The summed E-state index contributed by atoms with van der Waals surface area (Å²) in [5.41, 5.74) is 5.80. The van der Waals surface area contributed by atoms with Gasteiger partial charge in [-0.3, -0.25) is 9.59 Å². The molecule has 6 nitrogen and oxygen atoms in total. The van der Waals surface area contributed by atoms with Gasteiger partial charge in [0.2, 0.25) is 11.8 Å². The lowest BCUT2D eigenvalue weighted by Gasteiger charge is -2.32. The smallest absolute Gasteiger partial charge is 0.244 e. The van der Waals surface area contributed by atoms with Gasteiger partial charge in [-0.25, -0.2) is 0 Å². The molecule has 0 spiro atoms. The van der Waals surface area contributed by atoms with Gasteiger partial charge >= 0.3 is 0 Å². The molecule has 1 aliphatic heterocycles. The fourth-order valence-corrected chi connectivity index (χ4v) is 2.60. The zero-order chi connectivity index (χ0) is 16.9. The number of hydrogen-bond donors (Lipinski definition) is 2. The molecule has 6 heteroatoms. The van der Waals surface area contributed by atoms with Crippen LogP contribution in [0, 0.1) is 0 Å². The van der Waals surface area contributed by atoms with Gasteiger partial charge in [-0.2, -0.15) is 0 Å². The van der Waals surface area contributed by atoms with E-state index in [0.717, 1.165) is 31.7 Å². The zero-order valence-corrected chi connectivity index (χ0v) is 13.9. The molecule has 2 amide bonds. The van der Waals surface area contributed by atoms with E-state index in [2.05, 4.69) is 10.2 Å². The van der Waals surface area contributed by atoms with Gasteiger partial charge in [-0.1, -0.05) is 30.3 Å². The van der Waals surface area contributed by atoms with Crippen LogP contribution in [-0.2, 0) is 15.1 Å². The lowest BCUT2D eigenvalue weighted by Crippen LogP contribution is -2.50. The normalized spacial score (nSPS) is 18.3. The number of nitrogens with two attached hydrogens (primary N) is 1. The molecule has 1 aliphatic rings. The van der Waals surface area contributed by atoms with E-state index in [9.17, 15) is 9.59 Å². The van der Waals surface area contributed by atoms with E-state index in [-0.39, 0.29) is 11.8 Å². The van der Waals surface area contributed by atoms with Crippen LogP contribution in [0.15, 0.2) is 30.3 Å². The monoisotopic (exact) mass is 318 g/mol. The maximum Gasteiger partial charge on any atom is 0.244 e. The number of nitrogens with zero attached hydrogens (tertiary/aromatic N) is 2. The van der Waals surface area contributed by atoms with Crippen molar-refractivity contribution in [1.29, 1.82) is 0 Å². The first-order valence-electron chi connectivity index (χ1n) is 8.00. The van der Waals surface area contributed by atoms with Crippen molar-refractivity contribution in [2.24, 2.45) is 5.73 Å². The topological polar surface area (TPSA) is 78.7 Å². The Kier molecular flexibility index (Phi) is 5.74. The summed E-state index contributed by atoms with van der Waals surface area (Å²) in [5.74, 6) is -0.188. The Labute approximate surface area is 137 Å². The van der Waals surface area contributed by atoms with E-state index >= 15 is 0 Å². The van der Waals surface area contributed by atoms with E-state index < -0.39 is 5.54 Å². The number of hydrogen-bond acceptors (Lipinski definition) is 4. The molecule has 0 aromatic heterocycles. The molecule has 1 atom stereocenters. The van der Waals surface area contributed by atoms with E-state index in [0.29, 0.717) is 13.0 Å². The number of likely N-dealkylation sites (N-methyl/N-ethyl adjacent to an activating group) is 1. The number of carbonyl (C=O) groups excluding carboxylic acids is 2. The number of carbonyl (C=O) groups is 2. The Balaban J connectivity index is 1.79. The highest BCUT2D eigenvalue weighted by Crippen LogP contribution is 2.17. The minimum Gasteiger partial charge on any atom is -0.354 e. The summed E-state index contributed by atoms with van der Waals surface area (Å²) >= 11 is 0. The molecule has 1 fully saturated rings. The second-order valence-electron chi connectivity index (χ2n) is 6.26. The number of rotatable bonds is 5. The molecule has 1 unspecified atom stereocenters. The van der Waals surface area contributed by atoms with Gasteiger partial charge in [0.25, 0.3) is 0 Å². The van der Waals surface area contributed by atoms with Crippen LogP contribution in [0.5, 0.6) is 0 Å². The third-order valence-electron chi connectivity index (χ3n) is 4.33. The molecule has 3 N–H and O–H groups in total. The molecule has 126 valence electrons. The van der Waals surface area contributed by atoms with Crippen LogP contribution in [0.3, 0.4) is 0 Å². The van der Waals surface area contributed by atoms with E-state index in [1.165, 1.54) is 0 Å². The standard InChI is InChI=1S/C17H26N4O2/c1-17(18,14-6-4-3-5-7-14)16(23)19-9-8-15(22)21-12-10-20(2)11-13-21/h3-7H,8-13,18H2,1-2H3,(H,19,23). The van der Waals surface area contributed by atoms with Crippen molar-refractivity contribution in [3.63, 3.8) is 0 Å². The lowest BCUT2D eigenvalue weighted by molar-refractivity contribution is -0.132. The molecule has 1 aromatic carbocycles. The first-order valence-corrected chi connectivity index (χ1v) is 8.00. The highest BCUT2D eigenvalue weighted by atomic mass is 16.2. The quantitative estimate of drug-likeness (QED) is 0.809. The van der Waals surface area contributed by atoms with Crippen LogP contribution in [-0.4, -0.2) is 61.4 Å². The van der Waals surface area contributed by atoms with Crippen molar-refractivity contribution in [1.82, 2.24) is 15.1 Å². The van der Waals surface area contributed by atoms with Crippen LogP contribution >= 0.6 is 0 Å². The minimum atomic E-state index is -1.10. The molecule has 0 bridgehead atoms. The average Bonchev–Trinajstić information content (AvgIpc) is 2.56. The molecule has 0 saturated carbocycles. The van der Waals surface area contributed by atoms with Crippen molar-refractivity contribution in [3.8, 4) is 0 Å². The summed E-state index contributed by atoms with van der Waals surface area (Å²) in [6.07, 6.45) is 0.306. The number of nitrogens with one attached hydrogen (secondary N) is 1. The molecular formula is C17H26N4O2. The highest BCUT2D eigenvalue weighted by molar-refractivity contribution is 5.87. The van der Waals surface area contributed by atoms with Gasteiger partial charge in [-0.05, 0) is 19.5 Å². The predicted molar refractivity (Wildman–Crippen MR) is 89.7 cm³/mol. The summed E-state index contributed by atoms with van der Waals surface area (Å²) in [7, 11) is 2.05. The van der Waals surface area contributed by atoms with E-state index in [1.54, 1.807) is 6.92 Å². The molecular weight excluding hydrogens is 292 g/mol. The second-order valence-corrected chi connectivity index (χ2v) is 6.26. The molecule has 2 rings (SSSR count). The fraction of sp³-hybridized carbons (Fsp3) is 0.529. The predicted octanol–water partition coefficient (Wildman–Crippen LogP) is 0.141. The number of piperazine rings is 1. The lowest BCUT2D eigenvalue weighted by atomic mass is 9.92. The third kappa shape index (κ3) is 4.53. The highest BCUT2D eigenvalue weighted by Gasteiger charge is 2.30. The Morgan fingerprint density at radius 2 is 1.78 bits per heavy atom. The summed E-state index contributed by atoms with van der Waals surface area (Å²) in [4.78, 5) is 28.5. The van der Waals surface area contributed by atoms with Crippen LogP contribution < -0.4 is 11.1 Å². The SMILES string of the molecule is CN1CCN(C(=O)CCNC(=O)C(C)(N)c2ccccc2)CC1. The zero-order valence-electron chi connectivity index (χ0n) is 13.9. The molecule has 1 aromatic rings. The second kappa shape index (κ2) is 7.57. The Bertz CT molecular complexity index is 537. The van der Waals surface area contributed by atoms with Crippen LogP contribution in [0.2, 0.25) is 0 Å². The Morgan fingerprint density at radius 1 is 1.17 bits per heavy atom. The Morgan fingerprint density at radius 3 is 2.39 bits per heavy atom. The van der Waals surface area contributed by atoms with Crippen molar-refractivity contribution in [3.05, 3.63) is 35.9 Å². The van der Waals surface area contributed by atoms with Gasteiger partial charge in [0.1, 0.15) is 5.54 Å². The molecule has 0 radical (unpaired) electrons. The van der Waals surface area contributed by atoms with Gasteiger partial charge in [0.05, 0.1) is 0 Å². The third-order valence-corrected chi connectivity index (χ3v) is 4.33. The maximum atomic E-state index is 12.3. The molecule has 0 aliphatic carbocycles. The number of benzene rings is 1. The molecule has 1 saturated heterocycles. The van der Waals surface area contributed by atoms with Crippen molar-refractivity contribution in [2.75, 3.05) is 39.8 Å². The van der Waals surface area contributed by atoms with Crippen molar-refractivity contribution in [2.45, 2.75) is 18.9 Å². The van der Waals surface area contributed by atoms with Gasteiger partial charge in [0, 0.05) is 39.1 Å². The minimum absolute atomic E-state index is 0.0804. The summed E-state index contributed by atoms with van der Waals surface area (Å²) < 4.78 is 0. The van der Waals surface area contributed by atoms with Gasteiger partial charge < -0.3 is 20.9 Å². The summed E-state index contributed by atoms with van der Waals surface area (Å²) in [5, 5.41) is 2.78. The summed E-state index contributed by atoms with van der Waals surface area (Å²) in [6.45, 7) is 5.29. The first-order chi connectivity index (χ1) is 10.9. The van der Waals surface area contributed by atoms with Gasteiger partial charge in [-0.15, -0.1) is 0 Å². The first kappa shape index (κ1) is 17.4. The summed E-state index contributed by atoms with van der Waals surface area (Å²) in [6, 6.07) is 9.24. The van der Waals surface area contributed by atoms with Crippen molar-refractivity contribution < 1.29 is 9.59 Å². The maximum absolute atomic E-state index is 12.3. The van der Waals surface area contributed by atoms with Crippen LogP contribution in [0.4, 0.5) is 0 Å². The Hall–Kier alpha value is -1.92. The average molecular weight is 318 g/mol. The number of amides is 2. The van der Waals surface area contributed by atoms with Crippen molar-refractivity contribution >= 4 is 11.8 Å². The molecule has 23 heavy (non-hydrogen) atoms. The van der Waals surface area contributed by atoms with Gasteiger partial charge in [0.15, 0.2) is 0 Å². The van der Waals surface area contributed by atoms with E-state index in [1.807, 2.05) is 42.3 Å². The van der Waals surface area contributed by atoms with E-state index in [4.69, 9.17) is 5.73 Å². The van der Waals surface area contributed by atoms with Crippen LogP contribution in [0.1, 0.15) is 18.9 Å². The largest absolute Gasteiger partial charge is 0.354 e. The molecule has 1 heterocycles. The van der Waals surface area contributed by atoms with Crippen LogP contribution in [0.25, 0.3) is 0 Å².